The largest absolute Gasteiger partial charge is 0.480 e. The van der Waals surface area contributed by atoms with Crippen molar-refractivity contribution in [3.63, 3.8) is 0 Å². The molecule has 812 valence electrons. The first-order valence-corrected chi connectivity index (χ1v) is 50.8. The zero-order valence-corrected chi connectivity index (χ0v) is 85.4. The van der Waals surface area contributed by atoms with Gasteiger partial charge in [0, 0.05) is 96.7 Å². The molecule has 0 radical (unpaired) electrons. The van der Waals surface area contributed by atoms with Gasteiger partial charge in [0.2, 0.25) is 76.8 Å². The van der Waals surface area contributed by atoms with Gasteiger partial charge in [0.1, 0.15) is 78.5 Å². The second kappa shape index (κ2) is 64.6. The van der Waals surface area contributed by atoms with Crippen LogP contribution in [0.1, 0.15) is 206 Å². The quantitative estimate of drug-likeness (QED) is 0.0118. The summed E-state index contributed by atoms with van der Waals surface area (Å²) in [6.07, 6.45) is 7.56. The van der Waals surface area contributed by atoms with E-state index in [2.05, 4.69) is 105 Å². The monoisotopic (exact) mass is 2050 g/mol. The van der Waals surface area contributed by atoms with Gasteiger partial charge in [-0.3, -0.25) is 84.0 Å². The van der Waals surface area contributed by atoms with Crippen LogP contribution in [-0.4, -0.2) is 264 Å². The Bertz CT molecular complexity index is 5290. The lowest BCUT2D eigenvalue weighted by atomic mass is 9.98. The molecule has 3 aromatic heterocycles. The Morgan fingerprint density at radius 1 is 0.272 bits per heavy atom. The van der Waals surface area contributed by atoms with Gasteiger partial charge < -0.3 is 162 Å². The molecular formula is C99H161N33O15. The number of carbonyl (C=O) groups excluding carboxylic acids is 13. The van der Waals surface area contributed by atoms with Gasteiger partial charge in [-0.05, 0) is 220 Å². The number of carboxylic acids is 1. The minimum absolute atomic E-state index is 0.00966. The Morgan fingerprint density at radius 2 is 0.469 bits per heavy atom. The van der Waals surface area contributed by atoms with Crippen LogP contribution < -0.4 is 142 Å². The summed E-state index contributed by atoms with van der Waals surface area (Å²) in [5.74, 6) is -14.7. The maximum atomic E-state index is 15.7. The zero-order chi connectivity index (χ0) is 108. The lowest BCUT2D eigenvalue weighted by molar-refractivity contribution is -0.142. The molecule has 14 atom stereocenters. The average Bonchev–Trinajstić information content (AvgIpc) is 1.42. The van der Waals surface area contributed by atoms with E-state index < -0.39 is 185 Å². The summed E-state index contributed by atoms with van der Waals surface area (Å²) in [5.41, 5.74) is 55.9. The predicted molar refractivity (Wildman–Crippen MR) is 563 cm³/mol. The zero-order valence-electron chi connectivity index (χ0n) is 85.4. The molecule has 3 heterocycles. The number of unbranched alkanes of at least 4 members (excludes halogenated alkanes) is 4. The normalized spacial score (nSPS) is 14.2. The Morgan fingerprint density at radius 3 is 0.707 bits per heavy atom. The van der Waals surface area contributed by atoms with Crippen LogP contribution in [0.2, 0.25) is 0 Å². The van der Waals surface area contributed by atoms with Gasteiger partial charge >= 0.3 is 5.97 Å². The van der Waals surface area contributed by atoms with Crippen molar-refractivity contribution in [1.82, 2.24) is 105 Å². The number of aliphatic carboxylic acids is 1. The fourth-order valence-electron chi connectivity index (χ4n) is 16.9. The molecule has 0 aliphatic rings. The van der Waals surface area contributed by atoms with Crippen LogP contribution in [0.3, 0.4) is 0 Å². The summed E-state index contributed by atoms with van der Waals surface area (Å²) < 4.78 is 0. The number of hydrogen-bond donors (Lipinski definition) is 34. The first kappa shape index (κ1) is 121. The lowest BCUT2D eigenvalue weighted by Gasteiger charge is -2.29. The molecule has 48 heteroatoms. The van der Waals surface area contributed by atoms with Crippen LogP contribution >= 0.6 is 0 Å². The minimum atomic E-state index is -1.64. The number of guanidine groups is 4. The molecule has 43 N–H and O–H groups in total. The standard InChI is InChI=1S/C99H161N33O15/c1-56(2)47-76(127-82(133)65(104)28-13-17-39-100)89(140)123-69(32-14-18-40-101)83(134)120-71(34-16-20-42-103)86(137)128-78(49-58(5)6)91(142)129-77(48-57(3)4)90(141)124-70(33-15-19-41-102)84(135)121-73(36-22-44-114-97(107)108)87(138)130-79(50-59-53-117-66-29-10-7-25-62(59)66)92(143)125-72(35-21-43-113-96(105)106)85(136)122-74(37-23-45-115-98(109)110)88(139)131-81(52-61-55-119-68-31-12-9-27-64(61)68)94(145)132-80(51-60-54-118-67-30-11-8-26-63(60)67)93(144)126-75(95(146)147)38-24-46-116-99(111)112/h7-12,25-27,29-31,53-58,65,69-81,117-119H,13-24,28,32-52,100-104H2,1-6H3,(H,120,134)(H,121,135)(H,122,136)(H,123,140)(H,124,141)(H,125,143)(H,126,144)(H,127,133)(H,128,137)(H,129,142)(H,130,138)(H,131,139)(H,132,145)(H,146,147)(H4,105,106,113)(H4,107,108,114)(H4,109,110,115)(H4,111,112,116)/t65-,69-,70-,71-,72-,73-,74-,75-,76-,77-,78-,79-,80-,81-/m0/s1. The van der Waals surface area contributed by atoms with Gasteiger partial charge in [0.05, 0.1) is 6.04 Å². The lowest BCUT2D eigenvalue weighted by Crippen LogP contribution is -2.61. The molecule has 0 bridgehead atoms. The van der Waals surface area contributed by atoms with Crippen molar-refractivity contribution in [2.24, 2.45) is 69.4 Å². The van der Waals surface area contributed by atoms with E-state index in [-0.39, 0.29) is 185 Å². The molecule has 6 aromatic rings. The molecule has 0 aliphatic carbocycles. The second-order valence-electron chi connectivity index (χ2n) is 38.4. The number of H-pyrrole nitrogens is 3. The Kier molecular flexibility index (Phi) is 53.3. The summed E-state index contributed by atoms with van der Waals surface area (Å²) >= 11 is 0. The van der Waals surface area contributed by atoms with Crippen molar-refractivity contribution in [3.8, 4) is 0 Å². The number of rotatable bonds is 71. The van der Waals surface area contributed by atoms with E-state index in [1.54, 1.807) is 105 Å². The smallest absolute Gasteiger partial charge is 0.326 e. The van der Waals surface area contributed by atoms with Crippen molar-refractivity contribution < 1.29 is 72.2 Å². The van der Waals surface area contributed by atoms with Gasteiger partial charge in [-0.1, -0.05) is 103 Å². The Balaban J connectivity index is 1.34. The van der Waals surface area contributed by atoms with Crippen LogP contribution in [0.15, 0.2) is 91.4 Å². The van der Waals surface area contributed by atoms with Crippen molar-refractivity contribution in [1.29, 1.82) is 21.6 Å². The molecule has 0 saturated heterocycles. The van der Waals surface area contributed by atoms with Gasteiger partial charge in [-0.25, -0.2) is 4.79 Å². The molecule has 0 fully saturated rings. The average molecular weight is 2050 g/mol. The van der Waals surface area contributed by atoms with Gasteiger partial charge in [0.25, 0.3) is 0 Å². The molecule has 6 rings (SSSR count). The van der Waals surface area contributed by atoms with E-state index in [9.17, 15) is 33.9 Å². The number of aromatic nitrogens is 3. The third-order valence-electron chi connectivity index (χ3n) is 24.7. The van der Waals surface area contributed by atoms with E-state index in [0.717, 1.165) is 0 Å². The highest BCUT2D eigenvalue weighted by Crippen LogP contribution is 2.25. The molecule has 13 amide bonds. The Labute approximate surface area is 857 Å². The summed E-state index contributed by atoms with van der Waals surface area (Å²) in [6, 6.07) is 1.57. The van der Waals surface area contributed by atoms with Crippen LogP contribution in [0.25, 0.3) is 32.7 Å². The van der Waals surface area contributed by atoms with E-state index in [1.807, 2.05) is 27.7 Å². The Hall–Kier alpha value is -14.3. The van der Waals surface area contributed by atoms with E-state index in [1.165, 1.54) is 0 Å². The van der Waals surface area contributed by atoms with E-state index in [4.69, 9.17) is 73.2 Å². The van der Waals surface area contributed by atoms with Crippen molar-refractivity contribution >= 4 is 139 Å². The highest BCUT2D eigenvalue weighted by molar-refractivity contribution is 6.02. The molecule has 0 spiro atoms. The summed E-state index contributed by atoms with van der Waals surface area (Å²) in [5, 5.41) is 90.7. The number of carboxylic acid groups (broad SMARTS) is 1. The third-order valence-corrected chi connectivity index (χ3v) is 24.7. The SMILES string of the molecule is CC(C)C[C@H](NC(=O)[C@H](CC(C)C)NC(=O)[C@H](CCCCN)NC(=O)[C@H](CCCCN)NC(=O)[C@H](CC(C)C)NC(=O)[C@@H](N)CCCCN)C(=O)N[C@@H](CCCCN)C(=O)N[C@@H](CCCNC(=N)N)C(=O)N[C@@H](Cc1c[nH]c2ccccc12)C(=O)N[C@@H](CCCNC(=N)N)C(=O)N[C@@H](CCCNC(=N)N)C(=O)N[C@@H](Cc1c[nH]c2ccccc12)C(=O)N[C@@H](Cc1c[nH]c2ccccc12)C(=O)N[C@@H](CCCNC(=N)N)C(=O)O. The topological polar surface area (TPSA) is 841 Å². The molecule has 3 aromatic carbocycles. The highest BCUT2D eigenvalue weighted by Gasteiger charge is 2.40. The van der Waals surface area contributed by atoms with Crippen LogP contribution in [0, 0.1) is 39.4 Å². The number of carbonyl (C=O) groups is 14. The second-order valence-corrected chi connectivity index (χ2v) is 38.4. The maximum Gasteiger partial charge on any atom is 0.326 e. The van der Waals surface area contributed by atoms with E-state index >= 15 is 38.4 Å². The molecule has 0 saturated carbocycles. The fraction of sp³-hybridized carbons (Fsp3) is 0.576. The van der Waals surface area contributed by atoms with E-state index in [0.29, 0.717) is 107 Å². The van der Waals surface area contributed by atoms with Crippen molar-refractivity contribution in [3.05, 3.63) is 108 Å². The molecule has 0 aliphatic heterocycles. The molecular weight excluding hydrogens is 1890 g/mol. The van der Waals surface area contributed by atoms with Gasteiger partial charge in [-0.15, -0.1) is 0 Å². The van der Waals surface area contributed by atoms with Gasteiger partial charge in [0.15, 0.2) is 23.8 Å². The van der Waals surface area contributed by atoms with Crippen LogP contribution in [0.5, 0.6) is 0 Å². The number of para-hydroxylation sites is 3. The minimum Gasteiger partial charge on any atom is -0.480 e. The number of aromatic amines is 3. The van der Waals surface area contributed by atoms with Crippen molar-refractivity contribution in [2.75, 3.05) is 52.4 Å². The number of nitrogens with one attached hydrogen (secondary N) is 24. The maximum absolute atomic E-state index is 15.7. The van der Waals surface area contributed by atoms with Gasteiger partial charge in [-0.2, -0.15) is 0 Å². The molecule has 0 unspecified atom stereocenters. The molecule has 48 nitrogen and oxygen atoms in total. The molecule has 147 heavy (non-hydrogen) atoms. The van der Waals surface area contributed by atoms with Crippen LogP contribution in [0.4, 0.5) is 0 Å². The van der Waals surface area contributed by atoms with Crippen LogP contribution in [-0.2, 0) is 86.4 Å². The number of nitrogens with two attached hydrogens (primary N) is 9. The number of hydrogen-bond acceptors (Lipinski definition) is 23. The third kappa shape index (κ3) is 43.5. The predicted octanol–water partition coefficient (Wildman–Crippen LogP) is -1.42. The first-order chi connectivity index (χ1) is 70.1. The first-order valence-electron chi connectivity index (χ1n) is 50.8. The summed E-state index contributed by atoms with van der Waals surface area (Å²) in [6.45, 7) is 12.0. The highest BCUT2D eigenvalue weighted by atomic mass is 16.4. The number of benzene rings is 3. The number of fused-ring (bicyclic) bond motifs is 3. The fourth-order valence-corrected chi connectivity index (χ4v) is 16.9. The summed E-state index contributed by atoms with van der Waals surface area (Å²) in [4.78, 5) is 218. The van der Waals surface area contributed by atoms with Crippen molar-refractivity contribution in [2.45, 2.75) is 293 Å². The summed E-state index contributed by atoms with van der Waals surface area (Å²) in [7, 11) is 0. The number of amides is 13.